The molecule has 0 amide bonds. The van der Waals surface area contributed by atoms with Crippen LogP contribution in [0.1, 0.15) is 45.1 Å². The highest BCUT2D eigenvalue weighted by Crippen LogP contribution is 2.52. The van der Waals surface area contributed by atoms with Crippen LogP contribution in [0.5, 0.6) is 0 Å². The molecule has 0 spiro atoms. The highest BCUT2D eigenvalue weighted by atomic mass is 16.3. The number of rotatable bonds is 1. The van der Waals surface area contributed by atoms with Gasteiger partial charge in [-0.05, 0) is 54.9 Å². The molecule has 21 heavy (non-hydrogen) atoms. The van der Waals surface area contributed by atoms with Crippen molar-refractivity contribution in [3.63, 3.8) is 0 Å². The molecule has 0 unspecified atom stereocenters. The van der Waals surface area contributed by atoms with Crippen molar-refractivity contribution in [1.82, 2.24) is 0 Å². The number of benzene rings is 1. The van der Waals surface area contributed by atoms with Crippen molar-refractivity contribution in [2.75, 3.05) is 0 Å². The number of fused-ring (bicyclic) bond motifs is 1. The molecule has 0 bridgehead atoms. The van der Waals surface area contributed by atoms with E-state index in [1.165, 1.54) is 22.3 Å². The molecule has 1 heteroatoms. The van der Waals surface area contributed by atoms with Crippen molar-refractivity contribution in [2.24, 2.45) is 5.41 Å². The van der Waals surface area contributed by atoms with E-state index >= 15 is 0 Å². The lowest BCUT2D eigenvalue weighted by molar-refractivity contribution is 0.0346. The molecule has 1 aromatic rings. The average molecular weight is 280 g/mol. The number of hydrogen-bond acceptors (Lipinski definition) is 1. The van der Waals surface area contributed by atoms with E-state index in [-0.39, 0.29) is 11.5 Å². The molecule has 1 aromatic carbocycles. The summed E-state index contributed by atoms with van der Waals surface area (Å²) in [6, 6.07) is 10.4. The number of aliphatic hydroxyl groups is 1. The third kappa shape index (κ3) is 2.40. The molecule has 0 aromatic heterocycles. The molecule has 2 aliphatic rings. The first-order valence-corrected chi connectivity index (χ1v) is 7.86. The van der Waals surface area contributed by atoms with Crippen molar-refractivity contribution in [3.05, 3.63) is 64.8 Å². The molecule has 3 rings (SSSR count). The molecule has 2 aliphatic carbocycles. The predicted molar refractivity (Wildman–Crippen MR) is 88.8 cm³/mol. The molecule has 1 nitrogen and oxygen atoms in total. The lowest BCUT2D eigenvalue weighted by Gasteiger charge is -2.46. The van der Waals surface area contributed by atoms with Crippen molar-refractivity contribution >= 4 is 6.08 Å². The van der Waals surface area contributed by atoms with Gasteiger partial charge in [0.15, 0.2) is 0 Å². The Morgan fingerprint density at radius 1 is 1.29 bits per heavy atom. The van der Waals surface area contributed by atoms with Gasteiger partial charge in [-0.1, -0.05) is 55.5 Å². The summed E-state index contributed by atoms with van der Waals surface area (Å²) in [4.78, 5) is 0. The van der Waals surface area contributed by atoms with Gasteiger partial charge >= 0.3 is 0 Å². The molecule has 2 atom stereocenters. The second-order valence-electron chi connectivity index (χ2n) is 6.66. The minimum atomic E-state index is -0.233. The van der Waals surface area contributed by atoms with Gasteiger partial charge in [-0.3, -0.25) is 0 Å². The molecule has 1 fully saturated rings. The van der Waals surface area contributed by atoms with Crippen LogP contribution in [0.4, 0.5) is 0 Å². The van der Waals surface area contributed by atoms with Crippen LogP contribution in [0, 0.1) is 5.41 Å². The fourth-order valence-corrected chi connectivity index (χ4v) is 3.93. The first-order chi connectivity index (χ1) is 10.0. The summed E-state index contributed by atoms with van der Waals surface area (Å²) in [6.07, 6.45) is 6.01. The summed E-state index contributed by atoms with van der Waals surface area (Å²) in [5.74, 6) is 0. The van der Waals surface area contributed by atoms with E-state index in [1.807, 2.05) is 6.07 Å². The zero-order chi connectivity index (χ0) is 15.0. The van der Waals surface area contributed by atoms with Gasteiger partial charge in [0.05, 0.1) is 6.10 Å². The maximum Gasteiger partial charge on any atom is 0.0634 e. The lowest BCUT2D eigenvalue weighted by atomic mass is 9.60. The van der Waals surface area contributed by atoms with Crippen molar-refractivity contribution in [1.29, 1.82) is 0 Å². The summed E-state index contributed by atoms with van der Waals surface area (Å²) < 4.78 is 0. The fourth-order valence-electron chi connectivity index (χ4n) is 3.93. The third-order valence-electron chi connectivity index (χ3n) is 5.32. The second-order valence-corrected chi connectivity index (χ2v) is 6.66. The topological polar surface area (TPSA) is 20.2 Å². The summed E-state index contributed by atoms with van der Waals surface area (Å²) in [5, 5.41) is 10.6. The van der Waals surface area contributed by atoms with Crippen LogP contribution in [-0.4, -0.2) is 11.2 Å². The van der Waals surface area contributed by atoms with Crippen molar-refractivity contribution < 1.29 is 5.11 Å². The standard InChI is InChI=1S/C20H24O/c1-14-15(2)18-10-7-11-19(21)20(18,3)13-17(14)12-16-8-5-4-6-9-16/h4-6,8-9,12,19,21H,1,7,10-11,13H2,2-3H3/b17-12+/t19-,20-/m0/s1. The number of aliphatic hydroxyl groups excluding tert-OH is 1. The molecular weight excluding hydrogens is 256 g/mol. The van der Waals surface area contributed by atoms with Crippen LogP contribution in [-0.2, 0) is 0 Å². The first-order valence-electron chi connectivity index (χ1n) is 7.86. The molecule has 110 valence electrons. The smallest absolute Gasteiger partial charge is 0.0634 e. The zero-order valence-corrected chi connectivity index (χ0v) is 13.0. The quantitative estimate of drug-likeness (QED) is 0.776. The Balaban J connectivity index is 2.05. The van der Waals surface area contributed by atoms with Crippen LogP contribution in [0.15, 0.2) is 59.2 Å². The highest BCUT2D eigenvalue weighted by molar-refractivity contribution is 5.65. The van der Waals surface area contributed by atoms with E-state index in [4.69, 9.17) is 0 Å². The van der Waals surface area contributed by atoms with Gasteiger partial charge in [0.25, 0.3) is 0 Å². The maximum absolute atomic E-state index is 10.6. The summed E-state index contributed by atoms with van der Waals surface area (Å²) in [5.41, 5.74) is 6.25. The summed E-state index contributed by atoms with van der Waals surface area (Å²) in [6.45, 7) is 8.71. The number of allylic oxidation sites excluding steroid dienone is 3. The minimum Gasteiger partial charge on any atom is -0.392 e. The van der Waals surface area contributed by atoms with E-state index in [9.17, 15) is 5.11 Å². The fraction of sp³-hybridized carbons (Fsp3) is 0.400. The van der Waals surface area contributed by atoms with E-state index in [1.54, 1.807) is 0 Å². The monoisotopic (exact) mass is 280 g/mol. The van der Waals surface area contributed by atoms with Gasteiger partial charge in [-0.25, -0.2) is 0 Å². The van der Waals surface area contributed by atoms with Gasteiger partial charge in [-0.2, -0.15) is 0 Å². The zero-order valence-electron chi connectivity index (χ0n) is 13.0. The Kier molecular flexibility index (Phi) is 3.62. The average Bonchev–Trinajstić information content (AvgIpc) is 2.48. The van der Waals surface area contributed by atoms with Crippen molar-refractivity contribution in [3.8, 4) is 0 Å². The molecular formula is C20H24O. The van der Waals surface area contributed by atoms with Gasteiger partial charge in [0.2, 0.25) is 0 Å². The minimum absolute atomic E-state index is 0.107. The predicted octanol–water partition coefficient (Wildman–Crippen LogP) is 4.90. The van der Waals surface area contributed by atoms with E-state index < -0.39 is 0 Å². The Labute approximate surface area is 127 Å². The third-order valence-corrected chi connectivity index (χ3v) is 5.32. The van der Waals surface area contributed by atoms with Gasteiger partial charge in [0, 0.05) is 5.41 Å². The van der Waals surface area contributed by atoms with Gasteiger partial charge < -0.3 is 5.11 Å². The largest absolute Gasteiger partial charge is 0.392 e. The molecule has 0 radical (unpaired) electrons. The SMILES string of the molecule is C=C1C(C)=C2CCC[C@H](O)[C@@]2(C)C/C1=C\c1ccccc1. The molecule has 0 heterocycles. The molecule has 1 N–H and O–H groups in total. The Morgan fingerprint density at radius 3 is 2.71 bits per heavy atom. The Hall–Kier alpha value is -1.60. The second kappa shape index (κ2) is 5.31. The van der Waals surface area contributed by atoms with Crippen molar-refractivity contribution in [2.45, 2.75) is 45.6 Å². The van der Waals surface area contributed by atoms with Crippen LogP contribution in [0.25, 0.3) is 6.08 Å². The van der Waals surface area contributed by atoms with Crippen LogP contribution in [0.3, 0.4) is 0 Å². The lowest BCUT2D eigenvalue weighted by Crippen LogP contribution is -2.40. The van der Waals surface area contributed by atoms with Gasteiger partial charge in [-0.15, -0.1) is 0 Å². The van der Waals surface area contributed by atoms with E-state index in [2.05, 4.69) is 50.8 Å². The van der Waals surface area contributed by atoms with E-state index in [0.717, 1.165) is 31.3 Å². The molecule has 0 aliphatic heterocycles. The molecule has 0 saturated heterocycles. The van der Waals surface area contributed by atoms with Gasteiger partial charge in [0.1, 0.15) is 0 Å². The Bertz CT molecular complexity index is 620. The normalized spacial score (nSPS) is 31.5. The molecule has 1 saturated carbocycles. The number of hydrogen-bond donors (Lipinski definition) is 1. The van der Waals surface area contributed by atoms with E-state index in [0.29, 0.717) is 0 Å². The van der Waals surface area contributed by atoms with Crippen LogP contribution >= 0.6 is 0 Å². The summed E-state index contributed by atoms with van der Waals surface area (Å²) >= 11 is 0. The summed E-state index contributed by atoms with van der Waals surface area (Å²) in [7, 11) is 0. The van der Waals surface area contributed by atoms with Crippen LogP contribution in [0.2, 0.25) is 0 Å². The maximum atomic E-state index is 10.6. The first kappa shape index (κ1) is 14.3. The highest BCUT2D eigenvalue weighted by Gasteiger charge is 2.43. The van der Waals surface area contributed by atoms with Crippen LogP contribution < -0.4 is 0 Å². The Morgan fingerprint density at radius 2 is 2.00 bits per heavy atom.